The molecule has 108 valence electrons. The van der Waals surface area contributed by atoms with Gasteiger partial charge in [0.15, 0.2) is 0 Å². The molecule has 3 rings (SSSR count). The highest BCUT2D eigenvalue weighted by molar-refractivity contribution is 5.77. The predicted octanol–water partition coefficient (Wildman–Crippen LogP) is 0.641. The van der Waals surface area contributed by atoms with Gasteiger partial charge in [-0.25, -0.2) is 0 Å². The molecule has 0 radical (unpaired) electrons. The lowest BCUT2D eigenvalue weighted by Crippen LogP contribution is -2.53. The minimum absolute atomic E-state index is 0.224. The van der Waals surface area contributed by atoms with Crippen LogP contribution >= 0.6 is 0 Å². The maximum absolute atomic E-state index is 11.4. The van der Waals surface area contributed by atoms with Crippen LogP contribution < -0.4 is 11.1 Å². The molecule has 3 heterocycles. The van der Waals surface area contributed by atoms with Crippen molar-refractivity contribution in [2.45, 2.75) is 38.4 Å². The summed E-state index contributed by atoms with van der Waals surface area (Å²) in [5, 5.41) is 3.13. The number of nitrogens with zero attached hydrogens (tertiary/aromatic N) is 2. The predicted molar refractivity (Wildman–Crippen MR) is 76.7 cm³/mol. The number of likely N-dealkylation sites (tertiary alicyclic amines) is 1. The van der Waals surface area contributed by atoms with Gasteiger partial charge in [-0.3, -0.25) is 14.7 Å². The number of carbonyl (C=O) groups excluding carboxylic acids is 1. The summed E-state index contributed by atoms with van der Waals surface area (Å²) in [5.41, 5.74) is 7.86. The van der Waals surface area contributed by atoms with Crippen LogP contribution in [0.5, 0.6) is 0 Å². The van der Waals surface area contributed by atoms with Crippen molar-refractivity contribution in [1.29, 1.82) is 0 Å². The molecule has 1 aromatic heterocycles. The smallest absolute Gasteiger partial charge is 0.220 e. The standard InChI is InChI=1S/C15H22N4O/c16-8-13-7-11(3-5-17-13)9-19-6-4-14-12(10-19)1-2-15(20)18-14/h3,5,7,12,14H,1-2,4,6,8-10,16H2,(H,18,20). The molecule has 2 atom stereocenters. The fourth-order valence-electron chi connectivity index (χ4n) is 3.33. The Morgan fingerprint density at radius 1 is 1.45 bits per heavy atom. The van der Waals surface area contributed by atoms with E-state index in [9.17, 15) is 4.79 Å². The van der Waals surface area contributed by atoms with Crippen LogP contribution in [0.1, 0.15) is 30.5 Å². The van der Waals surface area contributed by atoms with Crippen LogP contribution in [0.3, 0.4) is 0 Å². The highest BCUT2D eigenvalue weighted by Gasteiger charge is 2.33. The number of carbonyl (C=O) groups is 1. The Labute approximate surface area is 119 Å². The van der Waals surface area contributed by atoms with Crippen molar-refractivity contribution in [3.05, 3.63) is 29.6 Å². The molecule has 5 heteroatoms. The zero-order chi connectivity index (χ0) is 13.9. The number of aromatic nitrogens is 1. The average Bonchev–Trinajstić information content (AvgIpc) is 2.47. The van der Waals surface area contributed by atoms with E-state index in [1.165, 1.54) is 5.56 Å². The average molecular weight is 274 g/mol. The lowest BCUT2D eigenvalue weighted by atomic mass is 9.85. The van der Waals surface area contributed by atoms with Gasteiger partial charge in [0, 0.05) is 44.8 Å². The zero-order valence-corrected chi connectivity index (χ0v) is 11.7. The molecule has 2 unspecified atom stereocenters. The van der Waals surface area contributed by atoms with Gasteiger partial charge in [0.25, 0.3) is 0 Å². The van der Waals surface area contributed by atoms with E-state index in [1.807, 2.05) is 6.20 Å². The number of nitrogens with two attached hydrogens (primary N) is 1. The van der Waals surface area contributed by atoms with Gasteiger partial charge in [0.1, 0.15) is 0 Å². The van der Waals surface area contributed by atoms with Gasteiger partial charge >= 0.3 is 0 Å². The van der Waals surface area contributed by atoms with Crippen LogP contribution in [0.25, 0.3) is 0 Å². The first kappa shape index (κ1) is 13.5. The third-order valence-electron chi connectivity index (χ3n) is 4.40. The molecule has 2 saturated heterocycles. The maximum atomic E-state index is 11.4. The first-order valence-electron chi connectivity index (χ1n) is 7.40. The minimum atomic E-state index is 0.224. The quantitative estimate of drug-likeness (QED) is 0.848. The van der Waals surface area contributed by atoms with Crippen molar-refractivity contribution in [2.24, 2.45) is 11.7 Å². The molecular formula is C15H22N4O. The number of rotatable bonds is 3. The molecule has 1 amide bonds. The minimum Gasteiger partial charge on any atom is -0.353 e. The Balaban J connectivity index is 1.60. The highest BCUT2D eigenvalue weighted by Crippen LogP contribution is 2.26. The number of hydrogen-bond donors (Lipinski definition) is 2. The van der Waals surface area contributed by atoms with Gasteiger partial charge < -0.3 is 11.1 Å². The lowest BCUT2D eigenvalue weighted by molar-refractivity contribution is -0.125. The lowest BCUT2D eigenvalue weighted by Gasteiger charge is -2.41. The monoisotopic (exact) mass is 274 g/mol. The molecule has 2 aliphatic rings. The summed E-state index contributed by atoms with van der Waals surface area (Å²) < 4.78 is 0. The Morgan fingerprint density at radius 2 is 2.35 bits per heavy atom. The van der Waals surface area contributed by atoms with Gasteiger partial charge in [0.05, 0.1) is 5.69 Å². The summed E-state index contributed by atoms with van der Waals surface area (Å²) in [5.74, 6) is 0.832. The van der Waals surface area contributed by atoms with Crippen LogP contribution in [-0.2, 0) is 17.9 Å². The summed E-state index contributed by atoms with van der Waals surface area (Å²) >= 11 is 0. The van der Waals surface area contributed by atoms with Gasteiger partial charge in [-0.15, -0.1) is 0 Å². The van der Waals surface area contributed by atoms with E-state index < -0.39 is 0 Å². The van der Waals surface area contributed by atoms with Crippen molar-refractivity contribution >= 4 is 5.91 Å². The number of fused-ring (bicyclic) bond motifs is 1. The van der Waals surface area contributed by atoms with Crippen LogP contribution in [0.2, 0.25) is 0 Å². The Hall–Kier alpha value is -1.46. The van der Waals surface area contributed by atoms with E-state index >= 15 is 0 Å². The van der Waals surface area contributed by atoms with Crippen molar-refractivity contribution in [2.75, 3.05) is 13.1 Å². The van der Waals surface area contributed by atoms with Crippen LogP contribution in [-0.4, -0.2) is 34.9 Å². The van der Waals surface area contributed by atoms with E-state index in [2.05, 4.69) is 27.3 Å². The number of hydrogen-bond acceptors (Lipinski definition) is 4. The SMILES string of the molecule is NCc1cc(CN2CCC3NC(=O)CCC3C2)ccn1. The molecular weight excluding hydrogens is 252 g/mol. The summed E-state index contributed by atoms with van der Waals surface area (Å²) in [7, 11) is 0. The van der Waals surface area contributed by atoms with E-state index in [0.717, 1.165) is 38.2 Å². The topological polar surface area (TPSA) is 71.2 Å². The number of amides is 1. The molecule has 0 saturated carbocycles. The van der Waals surface area contributed by atoms with Crippen LogP contribution in [0, 0.1) is 5.92 Å². The largest absolute Gasteiger partial charge is 0.353 e. The maximum Gasteiger partial charge on any atom is 0.220 e. The van der Waals surface area contributed by atoms with Gasteiger partial charge in [0.2, 0.25) is 5.91 Å². The molecule has 2 fully saturated rings. The van der Waals surface area contributed by atoms with Gasteiger partial charge in [-0.05, 0) is 36.5 Å². The molecule has 20 heavy (non-hydrogen) atoms. The van der Waals surface area contributed by atoms with Crippen molar-refractivity contribution < 1.29 is 4.79 Å². The molecule has 0 aliphatic carbocycles. The number of piperidine rings is 2. The molecule has 2 aliphatic heterocycles. The molecule has 0 aromatic carbocycles. The summed E-state index contributed by atoms with van der Waals surface area (Å²) in [6, 6.07) is 4.55. The molecule has 3 N–H and O–H groups in total. The first-order chi connectivity index (χ1) is 9.74. The summed E-state index contributed by atoms with van der Waals surface area (Å²) in [4.78, 5) is 18.1. The fraction of sp³-hybridized carbons (Fsp3) is 0.600. The van der Waals surface area contributed by atoms with Gasteiger partial charge in [-0.1, -0.05) is 0 Å². The second-order valence-corrected chi connectivity index (χ2v) is 5.86. The molecule has 0 spiro atoms. The Kier molecular flexibility index (Phi) is 3.98. The van der Waals surface area contributed by atoms with E-state index in [4.69, 9.17) is 5.73 Å². The third-order valence-corrected chi connectivity index (χ3v) is 4.40. The normalized spacial score (nSPS) is 26.9. The summed E-state index contributed by atoms with van der Waals surface area (Å²) in [6.45, 7) is 3.56. The number of nitrogens with one attached hydrogen (secondary N) is 1. The van der Waals surface area contributed by atoms with Crippen molar-refractivity contribution in [1.82, 2.24) is 15.2 Å². The van der Waals surface area contributed by atoms with E-state index in [0.29, 0.717) is 24.9 Å². The molecule has 5 nitrogen and oxygen atoms in total. The van der Waals surface area contributed by atoms with Crippen molar-refractivity contribution in [3.63, 3.8) is 0 Å². The van der Waals surface area contributed by atoms with Gasteiger partial charge in [-0.2, -0.15) is 0 Å². The molecule has 0 bridgehead atoms. The van der Waals surface area contributed by atoms with Crippen LogP contribution in [0.4, 0.5) is 0 Å². The first-order valence-corrected chi connectivity index (χ1v) is 7.40. The van der Waals surface area contributed by atoms with E-state index in [-0.39, 0.29) is 5.91 Å². The Bertz CT molecular complexity index is 491. The van der Waals surface area contributed by atoms with Crippen molar-refractivity contribution in [3.8, 4) is 0 Å². The van der Waals surface area contributed by atoms with E-state index in [1.54, 1.807) is 0 Å². The summed E-state index contributed by atoms with van der Waals surface area (Å²) in [6.07, 6.45) is 4.61. The molecule has 1 aromatic rings. The van der Waals surface area contributed by atoms with Crippen LogP contribution in [0.15, 0.2) is 18.3 Å². The zero-order valence-electron chi connectivity index (χ0n) is 11.7. The Morgan fingerprint density at radius 3 is 3.20 bits per heavy atom. The number of pyridine rings is 1. The second kappa shape index (κ2) is 5.89. The fourth-order valence-corrected chi connectivity index (χ4v) is 3.33. The third kappa shape index (κ3) is 2.99. The highest BCUT2D eigenvalue weighted by atomic mass is 16.1. The second-order valence-electron chi connectivity index (χ2n) is 5.86.